The minimum Gasteiger partial charge on any atom is -0.458 e. The van der Waals surface area contributed by atoms with Crippen LogP contribution in [-0.4, -0.2) is 21.9 Å². The first-order valence-electron chi connectivity index (χ1n) is 9.30. The summed E-state index contributed by atoms with van der Waals surface area (Å²) in [5.41, 5.74) is 0.0401. The van der Waals surface area contributed by atoms with E-state index < -0.39 is 5.97 Å². The van der Waals surface area contributed by atoms with E-state index in [0.717, 1.165) is 25.2 Å². The average molecular weight is 340 g/mol. The Hall–Kier alpha value is -2.17. The predicted molar refractivity (Wildman–Crippen MR) is 95.5 cm³/mol. The number of hydrogen-bond acceptors (Lipinski definition) is 4. The lowest BCUT2D eigenvalue weighted by atomic mass is 9.70. The topological polar surface area (TPSA) is 61.2 Å². The lowest BCUT2D eigenvalue weighted by Crippen LogP contribution is -2.33. The second-order valence-corrected chi connectivity index (χ2v) is 7.47. The lowest BCUT2D eigenvalue weighted by molar-refractivity contribution is -0.00144. The van der Waals surface area contributed by atoms with Gasteiger partial charge in [0.25, 0.3) is 5.56 Å². The minimum atomic E-state index is -0.411. The number of esters is 1. The molecule has 0 radical (unpaired) electrons. The number of rotatable bonds is 2. The zero-order valence-corrected chi connectivity index (χ0v) is 14.6. The third-order valence-corrected chi connectivity index (χ3v) is 5.92. The van der Waals surface area contributed by atoms with Gasteiger partial charge in [0.1, 0.15) is 6.10 Å². The van der Waals surface area contributed by atoms with Gasteiger partial charge in [-0.05, 0) is 37.2 Å². The van der Waals surface area contributed by atoms with Crippen LogP contribution in [0, 0.1) is 11.8 Å². The Bertz CT molecular complexity index is 858. The van der Waals surface area contributed by atoms with Crippen molar-refractivity contribution in [2.75, 3.05) is 0 Å². The van der Waals surface area contributed by atoms with Gasteiger partial charge in [-0.15, -0.1) is 0 Å². The molecule has 0 bridgehead atoms. The quantitative estimate of drug-likeness (QED) is 0.786. The lowest BCUT2D eigenvalue weighted by Gasteiger charge is -2.38. The number of ether oxygens (including phenoxy) is 1. The van der Waals surface area contributed by atoms with Gasteiger partial charge >= 0.3 is 5.97 Å². The average Bonchev–Trinajstić information content (AvgIpc) is 2.64. The van der Waals surface area contributed by atoms with E-state index in [1.54, 1.807) is 25.2 Å². The van der Waals surface area contributed by atoms with Gasteiger partial charge in [-0.1, -0.05) is 43.9 Å². The summed E-state index contributed by atoms with van der Waals surface area (Å²) >= 11 is 0. The molecule has 25 heavy (non-hydrogen) atoms. The molecule has 2 aromatic rings. The van der Waals surface area contributed by atoms with Crippen molar-refractivity contribution in [1.82, 2.24) is 9.78 Å². The van der Waals surface area contributed by atoms with E-state index in [9.17, 15) is 9.59 Å². The summed E-state index contributed by atoms with van der Waals surface area (Å²) < 4.78 is 7.03. The maximum atomic E-state index is 12.8. The van der Waals surface area contributed by atoms with Crippen LogP contribution in [0.4, 0.5) is 0 Å². The van der Waals surface area contributed by atoms with Crippen molar-refractivity contribution in [3.63, 3.8) is 0 Å². The Balaban J connectivity index is 1.57. The Labute approximate surface area is 147 Å². The summed E-state index contributed by atoms with van der Waals surface area (Å²) in [6, 6.07) is 7.10. The molecule has 0 saturated heterocycles. The zero-order chi connectivity index (χ0) is 17.4. The maximum absolute atomic E-state index is 12.8. The highest BCUT2D eigenvalue weighted by Crippen LogP contribution is 2.41. The fourth-order valence-electron chi connectivity index (χ4n) is 4.60. The van der Waals surface area contributed by atoms with Crippen LogP contribution in [0.5, 0.6) is 0 Å². The molecule has 0 aliphatic heterocycles. The van der Waals surface area contributed by atoms with E-state index in [0.29, 0.717) is 16.7 Å². The van der Waals surface area contributed by atoms with Gasteiger partial charge in [0.2, 0.25) is 0 Å². The summed E-state index contributed by atoms with van der Waals surface area (Å²) in [7, 11) is 1.57. The van der Waals surface area contributed by atoms with E-state index in [1.807, 2.05) is 6.07 Å². The standard InChI is InChI=1S/C20H24N2O3/c1-22-19(23)17-9-5-4-8-16(17)18(21-22)20(24)25-15-11-10-13-6-2-3-7-14(13)12-15/h4-5,8-9,13-15H,2-3,6-7,10-12H2,1H3/t13-,14-,15-/m1/s1. The molecule has 1 heterocycles. The number of benzene rings is 1. The number of nitrogens with zero attached hydrogens (tertiary/aromatic N) is 2. The smallest absolute Gasteiger partial charge is 0.359 e. The molecular formula is C20H24N2O3. The van der Waals surface area contributed by atoms with Crippen molar-refractivity contribution < 1.29 is 9.53 Å². The van der Waals surface area contributed by atoms with Crippen LogP contribution in [0.2, 0.25) is 0 Å². The van der Waals surface area contributed by atoms with Crippen molar-refractivity contribution >= 4 is 16.7 Å². The molecule has 1 aromatic heterocycles. The largest absolute Gasteiger partial charge is 0.458 e. The number of fused-ring (bicyclic) bond motifs is 2. The summed E-state index contributed by atoms with van der Waals surface area (Å²) in [4.78, 5) is 24.9. The second kappa shape index (κ2) is 6.62. The van der Waals surface area contributed by atoms with Crippen LogP contribution in [0.25, 0.3) is 10.8 Å². The molecule has 2 saturated carbocycles. The Morgan fingerprint density at radius 3 is 2.60 bits per heavy atom. The Morgan fingerprint density at radius 1 is 1.08 bits per heavy atom. The van der Waals surface area contributed by atoms with Crippen LogP contribution >= 0.6 is 0 Å². The third-order valence-electron chi connectivity index (χ3n) is 5.92. The molecule has 132 valence electrons. The second-order valence-electron chi connectivity index (χ2n) is 7.47. The van der Waals surface area contributed by atoms with E-state index in [1.165, 1.54) is 30.4 Å². The van der Waals surface area contributed by atoms with Crippen molar-refractivity contribution in [1.29, 1.82) is 0 Å². The molecule has 4 rings (SSSR count). The third kappa shape index (κ3) is 3.08. The highest BCUT2D eigenvalue weighted by Gasteiger charge is 2.34. The summed E-state index contributed by atoms with van der Waals surface area (Å²) in [5, 5.41) is 5.25. The van der Waals surface area contributed by atoms with Gasteiger partial charge < -0.3 is 4.74 Å². The zero-order valence-electron chi connectivity index (χ0n) is 14.6. The summed E-state index contributed by atoms with van der Waals surface area (Å²) in [5.74, 6) is 1.11. The maximum Gasteiger partial charge on any atom is 0.359 e. The first-order valence-corrected chi connectivity index (χ1v) is 9.30. The van der Waals surface area contributed by atoms with Gasteiger partial charge in [0.05, 0.1) is 5.39 Å². The van der Waals surface area contributed by atoms with Crippen molar-refractivity contribution in [2.45, 2.75) is 51.0 Å². The first-order chi connectivity index (χ1) is 12.1. The fraction of sp³-hybridized carbons (Fsp3) is 0.550. The molecule has 3 atom stereocenters. The fourth-order valence-corrected chi connectivity index (χ4v) is 4.60. The number of carbonyl (C=O) groups is 1. The first kappa shape index (κ1) is 16.3. The van der Waals surface area contributed by atoms with E-state index in [-0.39, 0.29) is 17.4 Å². The molecule has 2 aliphatic rings. The van der Waals surface area contributed by atoms with Crippen LogP contribution in [0.1, 0.15) is 55.4 Å². The Morgan fingerprint density at radius 2 is 1.80 bits per heavy atom. The van der Waals surface area contributed by atoms with Gasteiger partial charge in [-0.3, -0.25) is 4.79 Å². The van der Waals surface area contributed by atoms with Crippen molar-refractivity contribution in [3.05, 3.63) is 40.3 Å². The molecule has 2 fully saturated rings. The molecule has 0 unspecified atom stereocenters. The molecule has 2 aliphatic carbocycles. The molecule has 0 N–H and O–H groups in total. The molecule has 0 spiro atoms. The molecular weight excluding hydrogens is 316 g/mol. The Kier molecular flexibility index (Phi) is 4.32. The molecule has 5 nitrogen and oxygen atoms in total. The molecule has 1 aromatic carbocycles. The monoisotopic (exact) mass is 340 g/mol. The van der Waals surface area contributed by atoms with Gasteiger partial charge in [-0.2, -0.15) is 5.10 Å². The van der Waals surface area contributed by atoms with Crippen molar-refractivity contribution in [2.24, 2.45) is 18.9 Å². The number of hydrogen-bond donors (Lipinski definition) is 0. The summed E-state index contributed by atoms with van der Waals surface area (Å²) in [6.07, 6.45) is 8.29. The predicted octanol–water partition coefficient (Wildman–Crippen LogP) is 3.45. The number of aryl methyl sites for hydroxylation is 1. The van der Waals surface area contributed by atoms with Crippen LogP contribution in [0.15, 0.2) is 29.1 Å². The summed E-state index contributed by atoms with van der Waals surface area (Å²) in [6.45, 7) is 0. The van der Waals surface area contributed by atoms with Crippen LogP contribution < -0.4 is 5.56 Å². The number of carbonyl (C=O) groups excluding carboxylic acids is 1. The number of aromatic nitrogens is 2. The van der Waals surface area contributed by atoms with Gasteiger partial charge in [0.15, 0.2) is 5.69 Å². The van der Waals surface area contributed by atoms with Crippen LogP contribution in [-0.2, 0) is 11.8 Å². The van der Waals surface area contributed by atoms with E-state index >= 15 is 0 Å². The minimum absolute atomic E-state index is 0.0235. The van der Waals surface area contributed by atoms with Crippen molar-refractivity contribution in [3.8, 4) is 0 Å². The SMILES string of the molecule is Cn1nc(C(=O)O[C@@H]2CC[C@H]3CCCC[C@@H]3C2)c2ccccc2c1=O. The van der Waals surface area contributed by atoms with Crippen LogP contribution in [0.3, 0.4) is 0 Å². The molecule has 0 amide bonds. The highest BCUT2D eigenvalue weighted by molar-refractivity contribution is 6.02. The normalized spacial score (nSPS) is 26.2. The van der Waals surface area contributed by atoms with E-state index in [4.69, 9.17) is 4.74 Å². The molecule has 5 heteroatoms. The highest BCUT2D eigenvalue weighted by atomic mass is 16.5. The van der Waals surface area contributed by atoms with Gasteiger partial charge in [-0.25, -0.2) is 9.48 Å². The van der Waals surface area contributed by atoms with E-state index in [2.05, 4.69) is 5.10 Å². The van der Waals surface area contributed by atoms with Gasteiger partial charge in [0, 0.05) is 12.4 Å².